The Labute approximate surface area is 120 Å². The Hall–Kier alpha value is -1.91. The highest BCUT2D eigenvalue weighted by Gasteiger charge is 2.14. The number of aromatic nitrogens is 3. The minimum Gasteiger partial charge on any atom is -0.388 e. The average Bonchev–Trinajstić information content (AvgIpc) is 2.92. The topological polar surface area (TPSA) is 124 Å². The lowest BCUT2D eigenvalue weighted by Crippen LogP contribution is -2.26. The maximum Gasteiger partial charge on any atom is 0.242 e. The number of thiocarbonyl (C=S) groups is 1. The molecule has 0 aliphatic carbocycles. The Balaban J connectivity index is 2.00. The van der Waals surface area contributed by atoms with Crippen molar-refractivity contribution in [1.82, 2.24) is 19.8 Å². The Morgan fingerprint density at radius 1 is 1.40 bits per heavy atom. The molecular weight excluding hydrogens is 302 g/mol. The van der Waals surface area contributed by atoms with Gasteiger partial charge in [0.05, 0.1) is 5.69 Å². The summed E-state index contributed by atoms with van der Waals surface area (Å²) in [6.07, 6.45) is 2.75. The van der Waals surface area contributed by atoms with Crippen molar-refractivity contribution in [3.8, 4) is 0 Å². The molecule has 0 bridgehead atoms. The number of hydrogen-bond acceptors (Lipinski definition) is 7. The monoisotopic (exact) mass is 313 g/mol. The standard InChI is InChI=1S/C10H11N5O3S2/c11-10(19)8-2-1-7(5-12-8)20(16,17)15-4-3-9-13-6-14-18-9/h1-2,5-6,15H,3-4H2,(H2,11,19). The van der Waals surface area contributed by atoms with Crippen LogP contribution in [0.3, 0.4) is 0 Å². The van der Waals surface area contributed by atoms with Crippen LogP contribution >= 0.6 is 12.2 Å². The van der Waals surface area contributed by atoms with Gasteiger partial charge in [-0.05, 0) is 12.1 Å². The van der Waals surface area contributed by atoms with Crippen molar-refractivity contribution < 1.29 is 12.9 Å². The summed E-state index contributed by atoms with van der Waals surface area (Å²) in [5.41, 5.74) is 5.75. The normalized spacial score (nSPS) is 11.4. The number of rotatable bonds is 6. The summed E-state index contributed by atoms with van der Waals surface area (Å²) in [5.74, 6) is 0.356. The summed E-state index contributed by atoms with van der Waals surface area (Å²) in [6.45, 7) is 0.140. The molecule has 10 heteroatoms. The minimum atomic E-state index is -3.64. The van der Waals surface area contributed by atoms with Gasteiger partial charge in [0.1, 0.15) is 9.88 Å². The molecule has 0 aliphatic rings. The van der Waals surface area contributed by atoms with Gasteiger partial charge in [0.15, 0.2) is 6.33 Å². The Morgan fingerprint density at radius 2 is 2.20 bits per heavy atom. The highest BCUT2D eigenvalue weighted by Crippen LogP contribution is 2.07. The summed E-state index contributed by atoms with van der Waals surface area (Å²) < 4.78 is 31.1. The van der Waals surface area contributed by atoms with Gasteiger partial charge in [0.25, 0.3) is 0 Å². The van der Waals surface area contributed by atoms with Crippen LogP contribution in [0.2, 0.25) is 0 Å². The first kappa shape index (κ1) is 14.5. The van der Waals surface area contributed by atoms with Gasteiger partial charge in [0.2, 0.25) is 15.9 Å². The van der Waals surface area contributed by atoms with E-state index >= 15 is 0 Å². The van der Waals surface area contributed by atoms with E-state index < -0.39 is 10.0 Å². The molecule has 0 unspecified atom stereocenters. The predicted octanol–water partition coefficient (Wildman–Crippen LogP) is -0.380. The maximum atomic E-state index is 12.0. The Morgan fingerprint density at radius 3 is 2.75 bits per heavy atom. The van der Waals surface area contributed by atoms with E-state index in [0.717, 1.165) is 0 Å². The van der Waals surface area contributed by atoms with Crippen LogP contribution in [-0.2, 0) is 16.4 Å². The molecule has 3 N–H and O–H groups in total. The minimum absolute atomic E-state index is 0.0306. The second-order valence-corrected chi connectivity index (χ2v) is 5.93. The molecule has 0 saturated carbocycles. The molecular formula is C10H11N5O3S2. The van der Waals surface area contributed by atoms with Crippen LogP contribution in [0, 0.1) is 0 Å². The maximum absolute atomic E-state index is 12.0. The fraction of sp³-hybridized carbons (Fsp3) is 0.200. The first-order valence-corrected chi connectivity index (χ1v) is 7.39. The highest BCUT2D eigenvalue weighted by atomic mass is 32.2. The summed E-state index contributed by atoms with van der Waals surface area (Å²) >= 11 is 4.74. The van der Waals surface area contributed by atoms with Crippen molar-refractivity contribution in [2.45, 2.75) is 11.3 Å². The fourth-order valence-corrected chi connectivity index (χ4v) is 2.46. The van der Waals surface area contributed by atoms with E-state index in [4.69, 9.17) is 22.5 Å². The molecule has 2 aromatic heterocycles. The van der Waals surface area contributed by atoms with Gasteiger partial charge in [0, 0.05) is 19.2 Å². The lowest BCUT2D eigenvalue weighted by atomic mass is 10.3. The first-order valence-electron chi connectivity index (χ1n) is 5.50. The molecule has 20 heavy (non-hydrogen) atoms. The lowest BCUT2D eigenvalue weighted by molar-refractivity contribution is 0.377. The van der Waals surface area contributed by atoms with Crippen molar-refractivity contribution >= 4 is 27.2 Å². The molecule has 0 atom stereocenters. The largest absolute Gasteiger partial charge is 0.388 e. The fourth-order valence-electron chi connectivity index (χ4n) is 1.37. The molecule has 0 aliphatic heterocycles. The average molecular weight is 313 g/mol. The summed E-state index contributed by atoms with van der Waals surface area (Å²) in [6, 6.07) is 2.84. The smallest absolute Gasteiger partial charge is 0.242 e. The van der Waals surface area contributed by atoms with Crippen LogP contribution in [0.25, 0.3) is 0 Å². The molecule has 2 rings (SSSR count). The molecule has 0 radical (unpaired) electrons. The van der Waals surface area contributed by atoms with Crippen molar-refractivity contribution in [3.05, 3.63) is 36.2 Å². The number of sulfonamides is 1. The predicted molar refractivity (Wildman–Crippen MR) is 73.3 cm³/mol. The number of pyridine rings is 1. The quantitative estimate of drug-likeness (QED) is 0.692. The van der Waals surface area contributed by atoms with E-state index in [0.29, 0.717) is 18.0 Å². The number of nitrogens with zero attached hydrogens (tertiary/aromatic N) is 3. The lowest BCUT2D eigenvalue weighted by Gasteiger charge is -2.05. The Kier molecular flexibility index (Phi) is 4.37. The van der Waals surface area contributed by atoms with Crippen LogP contribution in [0.4, 0.5) is 0 Å². The molecule has 0 saturated heterocycles. The first-order chi connectivity index (χ1) is 9.49. The van der Waals surface area contributed by atoms with Gasteiger partial charge in [-0.25, -0.2) is 13.1 Å². The summed E-state index contributed by atoms with van der Waals surface area (Å²) in [5, 5.41) is 3.42. The van der Waals surface area contributed by atoms with Crippen molar-refractivity contribution in [2.24, 2.45) is 5.73 Å². The van der Waals surface area contributed by atoms with Crippen LogP contribution in [0.5, 0.6) is 0 Å². The number of nitrogens with two attached hydrogens (primary N) is 1. The van der Waals surface area contributed by atoms with Crippen LogP contribution in [0.15, 0.2) is 34.1 Å². The van der Waals surface area contributed by atoms with Crippen molar-refractivity contribution in [2.75, 3.05) is 6.54 Å². The van der Waals surface area contributed by atoms with Crippen LogP contribution < -0.4 is 10.5 Å². The highest BCUT2D eigenvalue weighted by molar-refractivity contribution is 7.89. The number of nitrogens with one attached hydrogen (secondary N) is 1. The molecule has 0 fully saturated rings. The molecule has 0 aromatic carbocycles. The Bertz CT molecular complexity index is 682. The van der Waals surface area contributed by atoms with E-state index in [1.165, 1.54) is 24.7 Å². The van der Waals surface area contributed by atoms with Gasteiger partial charge in [-0.1, -0.05) is 17.4 Å². The molecule has 2 aromatic rings. The van der Waals surface area contributed by atoms with Crippen molar-refractivity contribution in [1.29, 1.82) is 0 Å². The van der Waals surface area contributed by atoms with Gasteiger partial charge in [-0.15, -0.1) is 0 Å². The summed E-state index contributed by atoms with van der Waals surface area (Å²) in [7, 11) is -3.64. The van der Waals surface area contributed by atoms with E-state index in [-0.39, 0.29) is 16.4 Å². The van der Waals surface area contributed by atoms with Gasteiger partial charge in [-0.3, -0.25) is 4.98 Å². The summed E-state index contributed by atoms with van der Waals surface area (Å²) in [4.78, 5) is 7.80. The third-order valence-corrected chi connectivity index (χ3v) is 3.99. The zero-order valence-electron chi connectivity index (χ0n) is 10.2. The zero-order chi connectivity index (χ0) is 14.6. The molecule has 0 amide bonds. The zero-order valence-corrected chi connectivity index (χ0v) is 11.8. The molecule has 0 spiro atoms. The molecule has 106 valence electrons. The van der Waals surface area contributed by atoms with E-state index in [2.05, 4.69) is 19.8 Å². The molecule has 2 heterocycles. The second-order valence-electron chi connectivity index (χ2n) is 3.73. The second kappa shape index (κ2) is 6.03. The van der Waals surface area contributed by atoms with Crippen molar-refractivity contribution in [3.63, 3.8) is 0 Å². The third kappa shape index (κ3) is 3.56. The SMILES string of the molecule is NC(=S)c1ccc(S(=O)(=O)NCCc2ncno2)cn1. The van der Waals surface area contributed by atoms with Crippen LogP contribution in [0.1, 0.15) is 11.6 Å². The molecule has 8 nitrogen and oxygen atoms in total. The van der Waals surface area contributed by atoms with E-state index in [1.54, 1.807) is 0 Å². The number of hydrogen-bond donors (Lipinski definition) is 2. The van der Waals surface area contributed by atoms with Gasteiger partial charge >= 0.3 is 0 Å². The van der Waals surface area contributed by atoms with Crippen LogP contribution in [-0.4, -0.2) is 35.1 Å². The van der Waals surface area contributed by atoms with E-state index in [1.807, 2.05) is 0 Å². The van der Waals surface area contributed by atoms with E-state index in [9.17, 15) is 8.42 Å². The third-order valence-electron chi connectivity index (χ3n) is 2.34. The van der Waals surface area contributed by atoms with Gasteiger partial charge < -0.3 is 10.3 Å². The van der Waals surface area contributed by atoms with Gasteiger partial charge in [-0.2, -0.15) is 4.98 Å².